The van der Waals surface area contributed by atoms with Crippen LogP contribution < -0.4 is 0 Å². The van der Waals surface area contributed by atoms with E-state index < -0.39 is 116 Å². The molecule has 18 heteroatoms. The fraction of sp³-hybridized carbons (Fsp3) is 0.318. The van der Waals surface area contributed by atoms with Crippen LogP contribution in [0.25, 0.3) is 0 Å². The highest BCUT2D eigenvalue weighted by Crippen LogP contribution is 2.33. The first-order chi connectivity index (χ1) is 29.9. The fourth-order valence-electron chi connectivity index (χ4n) is 6.53. The van der Waals surface area contributed by atoms with Crippen molar-refractivity contribution < 1.29 is 81.6 Å². The number of rotatable bonds is 15. The van der Waals surface area contributed by atoms with Gasteiger partial charge in [0.05, 0.1) is 28.9 Å². The van der Waals surface area contributed by atoms with Crippen molar-refractivity contribution in [2.45, 2.75) is 68.3 Å². The first-order valence-corrected chi connectivity index (χ1v) is 19.7. The third-order valence-electron chi connectivity index (χ3n) is 9.48. The molecule has 2 fully saturated rings. The highest BCUT2D eigenvalue weighted by Gasteiger charge is 2.55. The summed E-state index contributed by atoms with van der Waals surface area (Å²) in [6, 6.07) is 31.0. The molecule has 0 aliphatic carbocycles. The van der Waals surface area contributed by atoms with Gasteiger partial charge >= 0.3 is 35.8 Å². The average molecular weight is 877 g/mol. The minimum absolute atomic E-state index is 0.0615. The van der Waals surface area contributed by atoms with Gasteiger partial charge in [0, 0.05) is 6.92 Å². The van der Waals surface area contributed by atoms with Crippen LogP contribution in [0.4, 0.5) is 0 Å². The Labute approximate surface area is 359 Å². The zero-order chi connectivity index (χ0) is 44.2. The number of carbonyl (C=O) groups excluding carboxylic acids is 6. The van der Waals surface area contributed by atoms with Gasteiger partial charge in [0.2, 0.25) is 0 Å². The zero-order valence-corrected chi connectivity index (χ0v) is 33.6. The van der Waals surface area contributed by atoms with E-state index in [1.807, 2.05) is 0 Å². The second-order valence-corrected chi connectivity index (χ2v) is 14.0. The van der Waals surface area contributed by atoms with Crippen molar-refractivity contribution in [2.75, 3.05) is 19.1 Å². The van der Waals surface area contributed by atoms with Crippen LogP contribution in [0.3, 0.4) is 0 Å². The van der Waals surface area contributed by atoms with Gasteiger partial charge in [-0.05, 0) is 48.5 Å². The summed E-state index contributed by atoms with van der Waals surface area (Å²) in [6.07, 6.45) is -17.3. The molecule has 0 bridgehead atoms. The maximum absolute atomic E-state index is 13.7. The topological polar surface area (TPSA) is 226 Å². The summed E-state index contributed by atoms with van der Waals surface area (Å²) >= 11 is 5.63. The predicted octanol–water partition coefficient (Wildman–Crippen LogP) is 3.42. The molecule has 326 valence electrons. The first-order valence-electron chi connectivity index (χ1n) is 19.1. The lowest BCUT2D eigenvalue weighted by molar-refractivity contribution is -0.326. The number of benzene rings is 4. The molecule has 4 aromatic carbocycles. The Hall–Kier alpha value is -6.21. The highest BCUT2D eigenvalue weighted by molar-refractivity contribution is 6.26. The van der Waals surface area contributed by atoms with E-state index in [1.165, 1.54) is 48.5 Å². The summed E-state index contributed by atoms with van der Waals surface area (Å²) in [6.45, 7) is -0.330. The van der Waals surface area contributed by atoms with Crippen LogP contribution in [-0.2, 0) is 52.2 Å². The highest BCUT2D eigenvalue weighted by atomic mass is 35.5. The molecular weight excluding hydrogens is 836 g/mol. The summed E-state index contributed by atoms with van der Waals surface area (Å²) in [5, 5.41) is 22.6. The molecule has 0 radical (unpaired) electrons. The summed E-state index contributed by atoms with van der Waals surface area (Å²) in [4.78, 5) is 78.6. The van der Waals surface area contributed by atoms with Gasteiger partial charge < -0.3 is 52.8 Å². The van der Waals surface area contributed by atoms with E-state index in [0.29, 0.717) is 0 Å². The number of aliphatic hydroxyl groups excluding tert-OH is 2. The van der Waals surface area contributed by atoms with Crippen LogP contribution in [-0.4, -0.2) is 127 Å². The van der Waals surface area contributed by atoms with Crippen molar-refractivity contribution in [2.24, 2.45) is 0 Å². The molecule has 17 nitrogen and oxygen atoms in total. The number of aliphatic hydroxyl groups is 2. The van der Waals surface area contributed by atoms with Gasteiger partial charge in [-0.15, -0.1) is 11.6 Å². The Kier molecular flexibility index (Phi) is 15.7. The molecule has 2 aliphatic rings. The Morgan fingerprint density at radius 3 is 1.44 bits per heavy atom. The maximum Gasteiger partial charge on any atom is 0.338 e. The van der Waals surface area contributed by atoms with Gasteiger partial charge in [-0.2, -0.15) is 0 Å². The van der Waals surface area contributed by atoms with Crippen molar-refractivity contribution in [1.82, 2.24) is 0 Å². The van der Waals surface area contributed by atoms with Crippen molar-refractivity contribution in [1.29, 1.82) is 0 Å². The number of alkyl halides is 1. The fourth-order valence-corrected chi connectivity index (χ4v) is 6.59. The SMILES string of the molecule is CC(=O)O[C@@H]1[C@@H](OC[C@H]2O[C@H](O)[C@@H](OC(=O)CCl)[C@@H](OC(=O)c3ccccc3)[C@@H]2O)O[C@H](COC(=O)c2ccccc2)[C@@H](OC(=O)c2ccccc2)[C@@H]1OC(=O)c1ccccc1. The molecule has 4 aromatic rings. The minimum Gasteiger partial charge on any atom is -0.459 e. The van der Waals surface area contributed by atoms with Gasteiger partial charge in [0.15, 0.2) is 43.1 Å². The van der Waals surface area contributed by atoms with Crippen LogP contribution in [0.1, 0.15) is 48.4 Å². The largest absolute Gasteiger partial charge is 0.459 e. The Morgan fingerprint density at radius 2 is 0.968 bits per heavy atom. The molecule has 0 unspecified atom stereocenters. The van der Waals surface area contributed by atoms with Crippen molar-refractivity contribution in [3.05, 3.63) is 144 Å². The van der Waals surface area contributed by atoms with E-state index in [0.717, 1.165) is 6.92 Å². The van der Waals surface area contributed by atoms with Gasteiger partial charge in [-0.1, -0.05) is 72.8 Å². The number of ether oxygens (including phenoxy) is 9. The molecule has 2 heterocycles. The number of hydrogen-bond donors (Lipinski definition) is 2. The maximum atomic E-state index is 13.7. The Bertz CT molecular complexity index is 2140. The van der Waals surface area contributed by atoms with Crippen molar-refractivity contribution >= 4 is 47.4 Å². The molecule has 2 aliphatic heterocycles. The molecule has 10 atom stereocenters. The molecule has 62 heavy (non-hydrogen) atoms. The average Bonchev–Trinajstić information content (AvgIpc) is 3.29. The van der Waals surface area contributed by atoms with Gasteiger partial charge in [-0.25, -0.2) is 19.2 Å². The molecule has 2 N–H and O–H groups in total. The predicted molar refractivity (Wildman–Crippen MR) is 211 cm³/mol. The van der Waals surface area contributed by atoms with E-state index in [9.17, 15) is 39.0 Å². The van der Waals surface area contributed by atoms with E-state index in [2.05, 4.69) is 0 Å². The summed E-state index contributed by atoms with van der Waals surface area (Å²) in [5.74, 6) is -6.20. The third kappa shape index (κ3) is 11.6. The van der Waals surface area contributed by atoms with E-state index in [4.69, 9.17) is 54.2 Å². The van der Waals surface area contributed by atoms with E-state index >= 15 is 0 Å². The number of esters is 6. The Morgan fingerprint density at radius 1 is 0.516 bits per heavy atom. The molecular formula is C44H41ClO17. The summed E-state index contributed by atoms with van der Waals surface area (Å²) < 4.78 is 51.8. The van der Waals surface area contributed by atoms with Crippen LogP contribution in [0.2, 0.25) is 0 Å². The Balaban J connectivity index is 1.33. The lowest BCUT2D eigenvalue weighted by Crippen LogP contribution is -2.64. The van der Waals surface area contributed by atoms with Gasteiger partial charge in [-0.3, -0.25) is 9.59 Å². The molecule has 6 rings (SSSR count). The molecule has 0 saturated carbocycles. The molecule has 0 amide bonds. The molecule has 2 saturated heterocycles. The van der Waals surface area contributed by atoms with E-state index in [-0.39, 0.29) is 22.3 Å². The minimum atomic E-state index is -2.02. The normalized spacial score (nSPS) is 25.6. The second kappa shape index (κ2) is 21.5. The number of hydrogen-bond acceptors (Lipinski definition) is 17. The lowest BCUT2D eigenvalue weighted by Gasteiger charge is -2.45. The number of halogens is 1. The number of carbonyl (C=O) groups is 6. The van der Waals surface area contributed by atoms with Gasteiger partial charge in [0.25, 0.3) is 0 Å². The lowest BCUT2D eigenvalue weighted by atomic mass is 9.97. The second-order valence-electron chi connectivity index (χ2n) is 13.8. The van der Waals surface area contributed by atoms with Crippen LogP contribution in [0.5, 0.6) is 0 Å². The summed E-state index contributed by atoms with van der Waals surface area (Å²) in [7, 11) is 0. The van der Waals surface area contributed by atoms with Crippen molar-refractivity contribution in [3.63, 3.8) is 0 Å². The van der Waals surface area contributed by atoms with Crippen molar-refractivity contribution in [3.8, 4) is 0 Å². The van der Waals surface area contributed by atoms with Gasteiger partial charge in [0.1, 0.15) is 30.8 Å². The van der Waals surface area contributed by atoms with Crippen LogP contribution in [0, 0.1) is 0 Å². The monoisotopic (exact) mass is 876 g/mol. The molecule has 0 spiro atoms. The smallest absolute Gasteiger partial charge is 0.338 e. The van der Waals surface area contributed by atoms with E-state index in [1.54, 1.807) is 72.8 Å². The standard InChI is InChI=1S/C44H41ClO17/c1-25(46)56-38-36(62-42(52)29-20-12-5-13-21-29)34(60-40(50)27-16-8-3-9-17-27)31(24-54-39(49)26-14-6-2-7-15-26)58-44(38)55-23-30-33(48)35(37(43(53)57-30)59-32(47)22-45)61-41(51)28-18-10-4-11-19-28/h2-21,30-31,33-38,43-44,48,53H,22-24H2,1H3/t30-,31-,33-,34-,35+,36+,37+,38+,43+,44+/m1/s1. The zero-order valence-electron chi connectivity index (χ0n) is 32.8. The van der Waals surface area contributed by atoms with Crippen LogP contribution in [0.15, 0.2) is 121 Å². The quantitative estimate of drug-likeness (QED) is 0.0991. The van der Waals surface area contributed by atoms with Crippen LogP contribution >= 0.6 is 11.6 Å². The first kappa shape index (κ1) is 45.3. The molecule has 0 aromatic heterocycles. The summed E-state index contributed by atoms with van der Waals surface area (Å²) in [5.41, 5.74) is 0.376. The third-order valence-corrected chi connectivity index (χ3v) is 9.70.